The Morgan fingerprint density at radius 2 is 1.86 bits per heavy atom. The molecule has 44 heavy (non-hydrogen) atoms. The fourth-order valence-electron chi connectivity index (χ4n) is 4.75. The first-order valence-corrected chi connectivity index (χ1v) is 15.8. The van der Waals surface area contributed by atoms with E-state index in [9.17, 15) is 26.4 Å². The number of aromatic nitrogens is 2. The Morgan fingerprint density at radius 3 is 2.52 bits per heavy atom. The van der Waals surface area contributed by atoms with Crippen LogP contribution in [-0.4, -0.2) is 75.8 Å². The first-order chi connectivity index (χ1) is 20.8. The van der Waals surface area contributed by atoms with Gasteiger partial charge in [0.15, 0.2) is 0 Å². The molecule has 1 fully saturated rings. The summed E-state index contributed by atoms with van der Waals surface area (Å²) in [5.74, 6) is -0.665. The van der Waals surface area contributed by atoms with Crippen molar-refractivity contribution in [2.75, 3.05) is 61.5 Å². The number of anilines is 4. The van der Waals surface area contributed by atoms with E-state index in [1.54, 1.807) is 37.3 Å². The zero-order chi connectivity index (χ0) is 32.1. The fourth-order valence-corrected chi connectivity index (χ4v) is 5.28. The SMILES string of the molecule is COc1cc(C(=O)NCCN2CCCC2)ccc1Nc1ncc(C(F)(F)F)c(NCc2ccc(C)cc2N(C)S(C)(=O)=O)n1. The zero-order valence-electron chi connectivity index (χ0n) is 25.0. The van der Waals surface area contributed by atoms with Crippen LogP contribution in [0.3, 0.4) is 0 Å². The van der Waals surface area contributed by atoms with Gasteiger partial charge < -0.3 is 25.6 Å². The van der Waals surface area contributed by atoms with Crippen molar-refractivity contribution in [3.05, 3.63) is 64.8 Å². The molecule has 15 heteroatoms. The van der Waals surface area contributed by atoms with Gasteiger partial charge in [-0.25, -0.2) is 13.4 Å². The van der Waals surface area contributed by atoms with Crippen molar-refractivity contribution in [2.24, 2.45) is 0 Å². The summed E-state index contributed by atoms with van der Waals surface area (Å²) in [7, 11) is -0.844. The summed E-state index contributed by atoms with van der Waals surface area (Å²) in [4.78, 5) is 22.9. The summed E-state index contributed by atoms with van der Waals surface area (Å²) in [6.45, 7) is 4.96. The fraction of sp³-hybridized carbons (Fsp3) is 0.414. The third-order valence-electron chi connectivity index (χ3n) is 7.24. The van der Waals surface area contributed by atoms with E-state index in [1.807, 2.05) is 0 Å². The van der Waals surface area contributed by atoms with Crippen molar-refractivity contribution >= 4 is 39.1 Å². The van der Waals surface area contributed by atoms with Crippen LogP contribution in [0.1, 0.15) is 39.9 Å². The average Bonchev–Trinajstić information content (AvgIpc) is 3.49. The Balaban J connectivity index is 1.53. The molecule has 1 aliphatic heterocycles. The molecule has 1 amide bonds. The Hall–Kier alpha value is -4.11. The first kappa shape index (κ1) is 32.8. The number of carbonyl (C=O) groups excluding carboxylic acids is 1. The standard InChI is InChI=1S/C29H36F3N7O4S/c1-19-7-8-21(24(15-19)38(2)44(4,41)42)17-34-26-22(29(30,31)32)18-35-28(37-26)36-23-10-9-20(16-25(23)43-3)27(40)33-11-14-39-12-5-6-13-39/h7-10,15-16,18H,5-6,11-14,17H2,1-4H3,(H,33,40)(H2,34,35,36,37). The lowest BCUT2D eigenvalue weighted by atomic mass is 10.1. The van der Waals surface area contributed by atoms with Gasteiger partial charge in [-0.3, -0.25) is 9.10 Å². The van der Waals surface area contributed by atoms with E-state index in [2.05, 4.69) is 30.8 Å². The summed E-state index contributed by atoms with van der Waals surface area (Å²) in [5, 5.41) is 8.46. The van der Waals surface area contributed by atoms with Crippen LogP contribution in [0, 0.1) is 6.92 Å². The molecule has 2 aromatic carbocycles. The molecule has 1 saturated heterocycles. The molecule has 3 aromatic rings. The third kappa shape index (κ3) is 8.29. The van der Waals surface area contributed by atoms with E-state index in [-0.39, 0.29) is 24.1 Å². The highest BCUT2D eigenvalue weighted by molar-refractivity contribution is 7.92. The Bertz CT molecular complexity index is 1600. The van der Waals surface area contributed by atoms with Gasteiger partial charge in [-0.05, 0) is 68.2 Å². The number of likely N-dealkylation sites (tertiary alicyclic amines) is 1. The van der Waals surface area contributed by atoms with Gasteiger partial charge >= 0.3 is 6.18 Å². The number of ether oxygens (including phenoxy) is 1. The topological polar surface area (TPSA) is 129 Å². The van der Waals surface area contributed by atoms with Crippen molar-refractivity contribution in [1.82, 2.24) is 20.2 Å². The minimum Gasteiger partial charge on any atom is -0.495 e. The highest BCUT2D eigenvalue weighted by Gasteiger charge is 2.35. The summed E-state index contributed by atoms with van der Waals surface area (Å²) in [6, 6.07) is 9.66. The predicted octanol–water partition coefficient (Wildman–Crippen LogP) is 4.39. The molecule has 1 aliphatic rings. The molecule has 1 aromatic heterocycles. The van der Waals surface area contributed by atoms with E-state index in [1.165, 1.54) is 20.2 Å². The number of hydrogen-bond acceptors (Lipinski definition) is 9. The van der Waals surface area contributed by atoms with Gasteiger partial charge in [-0.1, -0.05) is 12.1 Å². The number of nitrogens with one attached hydrogen (secondary N) is 3. The maximum Gasteiger partial charge on any atom is 0.421 e. The Morgan fingerprint density at radius 1 is 1.14 bits per heavy atom. The van der Waals surface area contributed by atoms with Crippen molar-refractivity contribution in [1.29, 1.82) is 0 Å². The van der Waals surface area contributed by atoms with Crippen LogP contribution in [-0.2, 0) is 22.7 Å². The molecule has 0 atom stereocenters. The maximum absolute atomic E-state index is 13.9. The van der Waals surface area contributed by atoms with Gasteiger partial charge in [0.05, 0.1) is 24.7 Å². The number of rotatable bonds is 12. The van der Waals surface area contributed by atoms with Crippen LogP contribution >= 0.6 is 0 Å². The van der Waals surface area contributed by atoms with Crippen LogP contribution in [0.15, 0.2) is 42.6 Å². The molecule has 238 valence electrons. The number of halogens is 3. The lowest BCUT2D eigenvalue weighted by Crippen LogP contribution is -2.33. The highest BCUT2D eigenvalue weighted by Crippen LogP contribution is 2.35. The molecule has 0 aliphatic carbocycles. The van der Waals surface area contributed by atoms with Crippen LogP contribution in [0.5, 0.6) is 5.75 Å². The quantitative estimate of drug-likeness (QED) is 0.266. The van der Waals surface area contributed by atoms with Crippen molar-refractivity contribution < 1.29 is 31.1 Å². The molecule has 3 N–H and O–H groups in total. The number of aryl methyl sites for hydroxylation is 1. The average molecular weight is 636 g/mol. The van der Waals surface area contributed by atoms with Gasteiger partial charge in [0, 0.05) is 38.4 Å². The largest absolute Gasteiger partial charge is 0.495 e. The van der Waals surface area contributed by atoms with Crippen molar-refractivity contribution in [3.8, 4) is 5.75 Å². The van der Waals surface area contributed by atoms with Gasteiger partial charge in [0.1, 0.15) is 17.1 Å². The highest BCUT2D eigenvalue weighted by atomic mass is 32.2. The Kier molecular flexibility index (Phi) is 10.2. The van der Waals surface area contributed by atoms with Gasteiger partial charge in [-0.2, -0.15) is 18.2 Å². The summed E-state index contributed by atoms with van der Waals surface area (Å²) in [5.41, 5.74) is 1.15. The minimum absolute atomic E-state index is 0.153. The number of sulfonamides is 1. The lowest BCUT2D eigenvalue weighted by Gasteiger charge is -2.22. The second-order valence-corrected chi connectivity index (χ2v) is 12.5. The number of benzene rings is 2. The number of alkyl halides is 3. The second-order valence-electron chi connectivity index (χ2n) is 10.5. The van der Waals surface area contributed by atoms with E-state index in [4.69, 9.17) is 4.74 Å². The third-order valence-corrected chi connectivity index (χ3v) is 8.43. The molecule has 0 radical (unpaired) electrons. The molecule has 4 rings (SSSR count). The Labute approximate surface area is 254 Å². The van der Waals surface area contributed by atoms with Crippen LogP contribution in [0.25, 0.3) is 0 Å². The second kappa shape index (κ2) is 13.7. The van der Waals surface area contributed by atoms with E-state index < -0.39 is 27.6 Å². The smallest absolute Gasteiger partial charge is 0.421 e. The van der Waals surface area contributed by atoms with Gasteiger partial charge in [-0.15, -0.1) is 0 Å². The van der Waals surface area contributed by atoms with Crippen LogP contribution in [0.4, 0.5) is 36.3 Å². The number of carbonyl (C=O) groups is 1. The van der Waals surface area contributed by atoms with E-state index in [0.717, 1.165) is 48.6 Å². The number of methoxy groups -OCH3 is 1. The van der Waals surface area contributed by atoms with Gasteiger partial charge in [0.25, 0.3) is 5.91 Å². The number of amides is 1. The van der Waals surface area contributed by atoms with Crippen LogP contribution in [0.2, 0.25) is 0 Å². The van der Waals surface area contributed by atoms with Crippen molar-refractivity contribution in [2.45, 2.75) is 32.5 Å². The molecule has 2 heterocycles. The molecule has 0 unspecified atom stereocenters. The minimum atomic E-state index is -4.76. The number of nitrogens with zero attached hydrogens (tertiary/aromatic N) is 4. The lowest BCUT2D eigenvalue weighted by molar-refractivity contribution is -0.137. The van der Waals surface area contributed by atoms with E-state index >= 15 is 0 Å². The first-order valence-electron chi connectivity index (χ1n) is 13.9. The molecule has 0 saturated carbocycles. The maximum atomic E-state index is 13.9. The number of hydrogen-bond donors (Lipinski definition) is 3. The zero-order valence-corrected chi connectivity index (χ0v) is 25.8. The molecular weight excluding hydrogens is 599 g/mol. The molecule has 0 bridgehead atoms. The summed E-state index contributed by atoms with van der Waals surface area (Å²) >= 11 is 0. The normalized spacial score (nSPS) is 13.9. The van der Waals surface area contributed by atoms with E-state index in [0.29, 0.717) is 35.2 Å². The van der Waals surface area contributed by atoms with Gasteiger partial charge in [0.2, 0.25) is 16.0 Å². The monoisotopic (exact) mass is 635 g/mol. The summed E-state index contributed by atoms with van der Waals surface area (Å²) < 4.78 is 72.5. The molecule has 0 spiro atoms. The molecule has 11 nitrogen and oxygen atoms in total. The van der Waals surface area contributed by atoms with Crippen molar-refractivity contribution in [3.63, 3.8) is 0 Å². The molecular formula is C29H36F3N7O4S. The summed E-state index contributed by atoms with van der Waals surface area (Å²) in [6.07, 6.45) is -0.737. The van der Waals surface area contributed by atoms with Crippen LogP contribution < -0.4 is 25.0 Å². The predicted molar refractivity (Wildman–Crippen MR) is 163 cm³/mol.